The molecule has 0 aliphatic carbocycles. The van der Waals surface area contributed by atoms with Crippen molar-refractivity contribution in [3.8, 4) is 0 Å². The average molecular weight is 313 g/mol. The zero-order valence-electron chi connectivity index (χ0n) is 13.0. The first-order valence-corrected chi connectivity index (χ1v) is 7.15. The zero-order valence-corrected chi connectivity index (χ0v) is 13.0. The predicted molar refractivity (Wildman–Crippen MR) is 80.8 cm³/mol. The molecule has 0 atom stereocenters. The van der Waals surface area contributed by atoms with E-state index >= 15 is 0 Å². The number of rotatable bonds is 1. The molecule has 1 aliphatic rings. The van der Waals surface area contributed by atoms with Crippen LogP contribution in [0.3, 0.4) is 0 Å². The number of amides is 1. The number of ether oxygens (including phenoxy) is 1. The second kappa shape index (κ2) is 5.98. The van der Waals surface area contributed by atoms with Crippen LogP contribution in [0.15, 0.2) is 12.1 Å². The van der Waals surface area contributed by atoms with Gasteiger partial charge < -0.3 is 20.3 Å². The Morgan fingerprint density at radius 3 is 2.27 bits per heavy atom. The van der Waals surface area contributed by atoms with Gasteiger partial charge in [0, 0.05) is 38.3 Å². The van der Waals surface area contributed by atoms with E-state index < -0.39 is 23.3 Å². The van der Waals surface area contributed by atoms with Crippen molar-refractivity contribution in [2.24, 2.45) is 0 Å². The van der Waals surface area contributed by atoms with Crippen molar-refractivity contribution in [2.45, 2.75) is 26.4 Å². The SMILES string of the molecule is CC(C)(C)OC(=O)N1CCN(c2cc(F)c(N)cc2F)CC1. The lowest BCUT2D eigenvalue weighted by Crippen LogP contribution is -2.50. The maximum Gasteiger partial charge on any atom is 0.410 e. The van der Waals surface area contributed by atoms with Crippen molar-refractivity contribution in [1.29, 1.82) is 0 Å². The third kappa shape index (κ3) is 3.78. The van der Waals surface area contributed by atoms with Crippen molar-refractivity contribution in [3.63, 3.8) is 0 Å². The molecule has 1 aliphatic heterocycles. The summed E-state index contributed by atoms with van der Waals surface area (Å²) in [5, 5.41) is 0. The summed E-state index contributed by atoms with van der Waals surface area (Å²) in [5.41, 5.74) is 4.73. The number of benzene rings is 1. The summed E-state index contributed by atoms with van der Waals surface area (Å²) in [4.78, 5) is 15.2. The van der Waals surface area contributed by atoms with Crippen LogP contribution in [0.4, 0.5) is 25.0 Å². The molecule has 2 N–H and O–H groups in total. The van der Waals surface area contributed by atoms with Gasteiger partial charge in [-0.05, 0) is 20.8 Å². The molecule has 122 valence electrons. The van der Waals surface area contributed by atoms with E-state index in [4.69, 9.17) is 10.5 Å². The third-order valence-corrected chi connectivity index (χ3v) is 3.34. The second-order valence-corrected chi connectivity index (χ2v) is 6.28. The Bertz CT molecular complexity index is 565. The van der Waals surface area contributed by atoms with Gasteiger partial charge in [0.05, 0.1) is 11.4 Å². The van der Waals surface area contributed by atoms with E-state index in [0.717, 1.165) is 12.1 Å². The second-order valence-electron chi connectivity index (χ2n) is 6.28. The average Bonchev–Trinajstić information content (AvgIpc) is 2.41. The fourth-order valence-electron chi connectivity index (χ4n) is 2.25. The number of halogens is 2. The molecule has 0 unspecified atom stereocenters. The first-order chi connectivity index (χ1) is 10.2. The van der Waals surface area contributed by atoms with Crippen LogP contribution in [0.5, 0.6) is 0 Å². The lowest BCUT2D eigenvalue weighted by atomic mass is 10.2. The monoisotopic (exact) mass is 313 g/mol. The largest absolute Gasteiger partial charge is 0.444 e. The van der Waals surface area contributed by atoms with Gasteiger partial charge >= 0.3 is 6.09 Å². The van der Waals surface area contributed by atoms with Gasteiger partial charge in [0.25, 0.3) is 0 Å². The normalized spacial score (nSPS) is 15.9. The Labute approximate surface area is 128 Å². The highest BCUT2D eigenvalue weighted by atomic mass is 19.1. The lowest BCUT2D eigenvalue weighted by Gasteiger charge is -2.36. The molecule has 0 aromatic heterocycles. The fourth-order valence-corrected chi connectivity index (χ4v) is 2.25. The molecule has 2 rings (SSSR count). The number of carbonyl (C=O) groups excluding carboxylic acids is 1. The number of piperazine rings is 1. The minimum absolute atomic E-state index is 0.163. The van der Waals surface area contributed by atoms with Crippen LogP contribution < -0.4 is 10.6 Å². The number of hydrogen-bond donors (Lipinski definition) is 1. The first kappa shape index (κ1) is 16.3. The quantitative estimate of drug-likeness (QED) is 0.810. The predicted octanol–water partition coefficient (Wildman–Crippen LogP) is 2.60. The highest BCUT2D eigenvalue weighted by molar-refractivity contribution is 5.68. The van der Waals surface area contributed by atoms with E-state index in [1.807, 2.05) is 0 Å². The molecule has 22 heavy (non-hydrogen) atoms. The molecule has 0 saturated carbocycles. The van der Waals surface area contributed by atoms with E-state index in [1.54, 1.807) is 30.6 Å². The molecular formula is C15H21F2N3O2. The highest BCUT2D eigenvalue weighted by Gasteiger charge is 2.27. The number of hydrogen-bond acceptors (Lipinski definition) is 4. The van der Waals surface area contributed by atoms with Gasteiger partial charge in [-0.3, -0.25) is 0 Å². The van der Waals surface area contributed by atoms with Crippen LogP contribution in [0, 0.1) is 11.6 Å². The van der Waals surface area contributed by atoms with Crippen molar-refractivity contribution in [3.05, 3.63) is 23.8 Å². The molecule has 1 heterocycles. The van der Waals surface area contributed by atoms with E-state index in [0.29, 0.717) is 26.2 Å². The molecule has 1 aromatic carbocycles. The minimum atomic E-state index is -0.647. The number of nitrogens with two attached hydrogens (primary N) is 1. The van der Waals surface area contributed by atoms with Gasteiger partial charge in [0.2, 0.25) is 0 Å². The smallest absolute Gasteiger partial charge is 0.410 e. The molecular weight excluding hydrogens is 292 g/mol. The summed E-state index contributed by atoms with van der Waals surface area (Å²) in [5.74, 6) is -1.21. The summed E-state index contributed by atoms with van der Waals surface area (Å²) < 4.78 is 32.7. The van der Waals surface area contributed by atoms with Crippen molar-refractivity contribution < 1.29 is 18.3 Å². The minimum Gasteiger partial charge on any atom is -0.444 e. The maximum absolute atomic E-state index is 13.9. The van der Waals surface area contributed by atoms with Crippen molar-refractivity contribution >= 4 is 17.5 Å². The maximum atomic E-state index is 13.9. The summed E-state index contributed by atoms with van der Waals surface area (Å²) in [6.45, 7) is 6.98. The van der Waals surface area contributed by atoms with Gasteiger partial charge in [0.15, 0.2) is 0 Å². The Balaban J connectivity index is 2.01. The van der Waals surface area contributed by atoms with E-state index in [2.05, 4.69) is 0 Å². The van der Waals surface area contributed by atoms with E-state index in [9.17, 15) is 13.6 Å². The number of nitrogens with zero attached hydrogens (tertiary/aromatic N) is 2. The Kier molecular flexibility index (Phi) is 4.44. The molecule has 1 saturated heterocycles. The first-order valence-electron chi connectivity index (χ1n) is 7.15. The van der Waals surface area contributed by atoms with Gasteiger partial charge in [-0.1, -0.05) is 0 Å². The van der Waals surface area contributed by atoms with Crippen LogP contribution in [0.1, 0.15) is 20.8 Å². The van der Waals surface area contributed by atoms with Gasteiger partial charge in [-0.2, -0.15) is 0 Å². The molecule has 0 bridgehead atoms. The third-order valence-electron chi connectivity index (χ3n) is 3.34. The topological polar surface area (TPSA) is 58.8 Å². The number of nitrogen functional groups attached to an aromatic ring is 1. The van der Waals surface area contributed by atoms with Crippen LogP contribution in [-0.2, 0) is 4.74 Å². The number of carbonyl (C=O) groups is 1. The number of anilines is 2. The molecule has 1 fully saturated rings. The Morgan fingerprint density at radius 1 is 1.14 bits per heavy atom. The van der Waals surface area contributed by atoms with Crippen molar-refractivity contribution in [2.75, 3.05) is 36.8 Å². The van der Waals surface area contributed by atoms with Gasteiger partial charge in [-0.15, -0.1) is 0 Å². The summed E-state index contributed by atoms with van der Waals surface area (Å²) in [6.07, 6.45) is -0.392. The van der Waals surface area contributed by atoms with Gasteiger partial charge in [-0.25, -0.2) is 13.6 Å². The highest BCUT2D eigenvalue weighted by Crippen LogP contribution is 2.25. The van der Waals surface area contributed by atoms with E-state index in [1.165, 1.54) is 0 Å². The Hall–Kier alpha value is -2.05. The standard InChI is InChI=1S/C15H21F2N3O2/c1-15(2,3)22-14(21)20-6-4-19(5-7-20)13-9-10(16)12(18)8-11(13)17/h8-9H,4-7,18H2,1-3H3. The Morgan fingerprint density at radius 2 is 1.73 bits per heavy atom. The summed E-state index contributed by atoms with van der Waals surface area (Å²) in [7, 11) is 0. The molecule has 7 heteroatoms. The van der Waals surface area contributed by atoms with Crippen molar-refractivity contribution in [1.82, 2.24) is 4.90 Å². The molecule has 1 amide bonds. The van der Waals surface area contributed by atoms with Crippen LogP contribution in [-0.4, -0.2) is 42.8 Å². The summed E-state index contributed by atoms with van der Waals surface area (Å²) >= 11 is 0. The lowest BCUT2D eigenvalue weighted by molar-refractivity contribution is 0.0240. The molecule has 0 radical (unpaired) electrons. The summed E-state index contributed by atoms with van der Waals surface area (Å²) in [6, 6.07) is 2.07. The van der Waals surface area contributed by atoms with Crippen LogP contribution in [0.25, 0.3) is 0 Å². The molecule has 5 nitrogen and oxygen atoms in total. The molecule has 0 spiro atoms. The van der Waals surface area contributed by atoms with E-state index in [-0.39, 0.29) is 11.4 Å². The zero-order chi connectivity index (χ0) is 16.5. The van der Waals surface area contributed by atoms with Gasteiger partial charge in [0.1, 0.15) is 17.2 Å². The van der Waals surface area contributed by atoms with Crippen LogP contribution in [0.2, 0.25) is 0 Å². The molecule has 1 aromatic rings. The van der Waals surface area contributed by atoms with Crippen LogP contribution >= 0.6 is 0 Å². The fraction of sp³-hybridized carbons (Fsp3) is 0.533.